The summed E-state index contributed by atoms with van der Waals surface area (Å²) in [4.78, 5) is 0. The van der Waals surface area contributed by atoms with Gasteiger partial charge in [-0.3, -0.25) is 0 Å². The van der Waals surface area contributed by atoms with Gasteiger partial charge in [-0.1, -0.05) is 20.3 Å². The topological polar surface area (TPSA) is 66.6 Å². The molecule has 114 valence electrons. The highest BCUT2D eigenvalue weighted by Gasteiger charge is 2.37. The highest BCUT2D eigenvalue weighted by atomic mass is 32.2. The Balaban J connectivity index is 2.93. The predicted octanol–water partition coefficient (Wildman–Crippen LogP) is 1.55. The molecule has 0 amide bonds. The minimum absolute atomic E-state index is 0.0463. The third kappa shape index (κ3) is 4.15. The van der Waals surface area contributed by atoms with Crippen LogP contribution in [0.3, 0.4) is 0 Å². The monoisotopic (exact) mass is 291 g/mol. The molecular weight excluding hydrogens is 262 g/mol. The normalized spacial score (nSPS) is 23.7. The number of hydrogen-bond acceptors (Lipinski definition) is 3. The zero-order chi connectivity index (χ0) is 14.5. The van der Waals surface area contributed by atoms with Crippen molar-refractivity contribution in [1.82, 2.24) is 8.61 Å². The van der Waals surface area contributed by atoms with E-state index in [1.165, 1.54) is 0 Å². The minimum atomic E-state index is -3.36. The fourth-order valence-electron chi connectivity index (χ4n) is 2.73. The zero-order valence-electron chi connectivity index (χ0n) is 12.5. The van der Waals surface area contributed by atoms with E-state index in [1.54, 1.807) is 8.61 Å². The maximum absolute atomic E-state index is 12.8. The van der Waals surface area contributed by atoms with Gasteiger partial charge in [0.25, 0.3) is 10.2 Å². The fourth-order valence-corrected chi connectivity index (χ4v) is 4.85. The molecule has 0 bridgehead atoms. The number of nitrogens with two attached hydrogens (primary N) is 1. The molecule has 1 saturated heterocycles. The summed E-state index contributed by atoms with van der Waals surface area (Å²) in [6.07, 6.45) is 4.57. The van der Waals surface area contributed by atoms with E-state index in [4.69, 9.17) is 5.73 Å². The van der Waals surface area contributed by atoms with Gasteiger partial charge >= 0.3 is 0 Å². The standard InChI is InChI=1S/C13H29N3O2S/c1-4-9-15(10-5-2)19(17,18)16-11-7-6-8-13(16)12(3)14/h12-13H,4-11,14H2,1-3H3. The lowest BCUT2D eigenvalue weighted by atomic mass is 10.00. The summed E-state index contributed by atoms with van der Waals surface area (Å²) in [7, 11) is -3.36. The van der Waals surface area contributed by atoms with Gasteiger partial charge in [0.05, 0.1) is 0 Å². The van der Waals surface area contributed by atoms with Crippen molar-refractivity contribution < 1.29 is 8.42 Å². The molecule has 0 radical (unpaired) electrons. The molecule has 1 aliphatic heterocycles. The lowest BCUT2D eigenvalue weighted by Crippen LogP contribution is -2.56. The van der Waals surface area contributed by atoms with Crippen molar-refractivity contribution in [1.29, 1.82) is 0 Å². The molecule has 1 rings (SSSR count). The van der Waals surface area contributed by atoms with E-state index in [1.807, 2.05) is 20.8 Å². The summed E-state index contributed by atoms with van der Waals surface area (Å²) in [6.45, 7) is 7.73. The van der Waals surface area contributed by atoms with Gasteiger partial charge in [-0.2, -0.15) is 17.0 Å². The van der Waals surface area contributed by atoms with Crippen molar-refractivity contribution in [3.8, 4) is 0 Å². The molecule has 6 heteroatoms. The Labute approximate surface area is 118 Å². The quantitative estimate of drug-likeness (QED) is 0.774. The van der Waals surface area contributed by atoms with E-state index in [2.05, 4.69) is 0 Å². The van der Waals surface area contributed by atoms with E-state index in [9.17, 15) is 8.42 Å². The van der Waals surface area contributed by atoms with E-state index < -0.39 is 10.2 Å². The molecule has 5 nitrogen and oxygen atoms in total. The Morgan fingerprint density at radius 1 is 1.26 bits per heavy atom. The van der Waals surface area contributed by atoms with Gasteiger partial charge in [0, 0.05) is 31.7 Å². The second kappa shape index (κ2) is 7.57. The first-order valence-corrected chi connectivity index (χ1v) is 8.87. The van der Waals surface area contributed by atoms with Crippen LogP contribution in [0.15, 0.2) is 0 Å². The maximum atomic E-state index is 12.8. The van der Waals surface area contributed by atoms with Gasteiger partial charge in [-0.15, -0.1) is 0 Å². The van der Waals surface area contributed by atoms with Gasteiger partial charge < -0.3 is 5.73 Å². The van der Waals surface area contributed by atoms with Crippen molar-refractivity contribution in [2.45, 2.75) is 65.0 Å². The van der Waals surface area contributed by atoms with Crippen LogP contribution in [0.25, 0.3) is 0 Å². The van der Waals surface area contributed by atoms with Crippen LogP contribution < -0.4 is 5.73 Å². The minimum Gasteiger partial charge on any atom is -0.326 e. The van der Waals surface area contributed by atoms with E-state index in [0.29, 0.717) is 19.6 Å². The highest BCUT2D eigenvalue weighted by molar-refractivity contribution is 7.86. The average molecular weight is 291 g/mol. The molecule has 1 heterocycles. The van der Waals surface area contributed by atoms with Gasteiger partial charge in [-0.05, 0) is 32.6 Å². The SMILES string of the molecule is CCCN(CCC)S(=O)(=O)N1CCCCC1C(C)N. The van der Waals surface area contributed by atoms with Crippen molar-refractivity contribution >= 4 is 10.2 Å². The molecule has 0 aromatic heterocycles. The summed E-state index contributed by atoms with van der Waals surface area (Å²) < 4.78 is 28.8. The summed E-state index contributed by atoms with van der Waals surface area (Å²) in [5.41, 5.74) is 5.98. The molecule has 0 aromatic carbocycles. The summed E-state index contributed by atoms with van der Waals surface area (Å²) in [5.74, 6) is 0. The second-order valence-electron chi connectivity index (χ2n) is 5.44. The summed E-state index contributed by atoms with van der Waals surface area (Å²) in [5, 5.41) is 0. The zero-order valence-corrected chi connectivity index (χ0v) is 13.3. The van der Waals surface area contributed by atoms with Crippen LogP contribution in [-0.2, 0) is 10.2 Å². The molecule has 0 saturated carbocycles. The van der Waals surface area contributed by atoms with Crippen LogP contribution in [-0.4, -0.2) is 48.7 Å². The molecule has 1 aliphatic rings. The first-order chi connectivity index (χ1) is 8.95. The van der Waals surface area contributed by atoms with Crippen LogP contribution in [0, 0.1) is 0 Å². The predicted molar refractivity (Wildman–Crippen MR) is 79.1 cm³/mol. The fraction of sp³-hybridized carbons (Fsp3) is 1.00. The van der Waals surface area contributed by atoms with Crippen molar-refractivity contribution in [3.05, 3.63) is 0 Å². The summed E-state index contributed by atoms with van der Waals surface area (Å²) >= 11 is 0. The van der Waals surface area contributed by atoms with E-state index >= 15 is 0 Å². The van der Waals surface area contributed by atoms with Crippen molar-refractivity contribution in [3.63, 3.8) is 0 Å². The van der Waals surface area contributed by atoms with Gasteiger partial charge in [0.2, 0.25) is 0 Å². The van der Waals surface area contributed by atoms with Gasteiger partial charge in [0.15, 0.2) is 0 Å². The largest absolute Gasteiger partial charge is 0.326 e. The van der Waals surface area contributed by atoms with Crippen LogP contribution in [0.5, 0.6) is 0 Å². The number of nitrogens with zero attached hydrogens (tertiary/aromatic N) is 2. The van der Waals surface area contributed by atoms with Gasteiger partial charge in [0.1, 0.15) is 0 Å². The third-order valence-electron chi connectivity index (χ3n) is 3.67. The number of rotatable bonds is 7. The lowest BCUT2D eigenvalue weighted by molar-refractivity contribution is 0.209. The third-order valence-corrected chi connectivity index (χ3v) is 5.74. The molecule has 0 aromatic rings. The van der Waals surface area contributed by atoms with Crippen LogP contribution >= 0.6 is 0 Å². The molecule has 0 aliphatic carbocycles. The lowest BCUT2D eigenvalue weighted by Gasteiger charge is -2.39. The van der Waals surface area contributed by atoms with Gasteiger partial charge in [-0.25, -0.2) is 0 Å². The molecule has 1 fully saturated rings. The Morgan fingerprint density at radius 2 is 1.84 bits per heavy atom. The Bertz CT molecular complexity index is 351. The maximum Gasteiger partial charge on any atom is 0.282 e. The summed E-state index contributed by atoms with van der Waals surface area (Å²) in [6, 6.07) is -0.157. The van der Waals surface area contributed by atoms with Crippen molar-refractivity contribution in [2.75, 3.05) is 19.6 Å². The number of hydrogen-bond donors (Lipinski definition) is 1. The van der Waals surface area contributed by atoms with Crippen LogP contribution in [0.2, 0.25) is 0 Å². The Hall–Kier alpha value is -0.170. The first-order valence-electron chi connectivity index (χ1n) is 7.47. The molecular formula is C13H29N3O2S. The smallest absolute Gasteiger partial charge is 0.282 e. The van der Waals surface area contributed by atoms with E-state index in [0.717, 1.165) is 32.1 Å². The molecule has 2 N–H and O–H groups in total. The Kier molecular flexibility index (Phi) is 6.73. The number of piperidine rings is 1. The van der Waals surface area contributed by atoms with E-state index in [-0.39, 0.29) is 12.1 Å². The van der Waals surface area contributed by atoms with Crippen LogP contribution in [0.4, 0.5) is 0 Å². The molecule has 2 unspecified atom stereocenters. The highest BCUT2D eigenvalue weighted by Crippen LogP contribution is 2.24. The molecule has 19 heavy (non-hydrogen) atoms. The molecule has 0 spiro atoms. The van der Waals surface area contributed by atoms with Crippen LogP contribution in [0.1, 0.15) is 52.9 Å². The van der Waals surface area contributed by atoms with Crippen molar-refractivity contribution in [2.24, 2.45) is 5.73 Å². The average Bonchev–Trinajstić information content (AvgIpc) is 2.38. The second-order valence-corrected chi connectivity index (χ2v) is 7.32. The Morgan fingerprint density at radius 3 is 2.32 bits per heavy atom. The first kappa shape index (κ1) is 16.9. The molecule has 2 atom stereocenters.